The number of benzene rings is 1. The van der Waals surface area contributed by atoms with Gasteiger partial charge in [-0.05, 0) is 49.1 Å². The number of carbonyl (C=O) groups is 1. The van der Waals surface area contributed by atoms with E-state index in [2.05, 4.69) is 28.6 Å². The first kappa shape index (κ1) is 19.7. The summed E-state index contributed by atoms with van der Waals surface area (Å²) in [5, 5.41) is 17.2. The Bertz CT molecular complexity index is 1270. The minimum Gasteiger partial charge on any atom is -0.479 e. The lowest BCUT2D eigenvalue weighted by molar-refractivity contribution is -0.153. The van der Waals surface area contributed by atoms with Gasteiger partial charge in [0.15, 0.2) is 11.8 Å². The molecule has 0 saturated carbocycles. The van der Waals surface area contributed by atoms with Gasteiger partial charge in [0.05, 0.1) is 23.8 Å². The van der Waals surface area contributed by atoms with E-state index >= 15 is 0 Å². The molecule has 1 fully saturated rings. The first-order chi connectivity index (χ1) is 14.9. The van der Waals surface area contributed by atoms with Crippen LogP contribution in [0.5, 0.6) is 0 Å². The quantitative estimate of drug-likeness (QED) is 0.505. The van der Waals surface area contributed by atoms with Crippen molar-refractivity contribution in [1.29, 1.82) is 0 Å². The summed E-state index contributed by atoms with van der Waals surface area (Å²) >= 11 is 0. The lowest BCUT2D eigenvalue weighted by Crippen LogP contribution is -2.31. The van der Waals surface area contributed by atoms with Crippen LogP contribution in [0.4, 0.5) is 4.39 Å². The molecule has 4 heterocycles. The molecule has 0 amide bonds. The van der Waals surface area contributed by atoms with Crippen molar-refractivity contribution in [2.45, 2.75) is 44.6 Å². The van der Waals surface area contributed by atoms with Gasteiger partial charge in [-0.3, -0.25) is 5.10 Å². The zero-order valence-corrected chi connectivity index (χ0v) is 17.3. The standard InChI is InChI=1S/C23H23FN4O3/c1-12(2)21-19(13-3-8-18(23(29)30)31-11-13)20-17(9-14-10-25-27-22(14)26-20)28(21)16-6-4-15(24)5-7-16/h4-7,9-10,12-13,18H,3,8,11H2,1-2H3,(H,29,30)(H,25,26,27)/t13-,18+/m1/s1. The number of carboxylic acid groups (broad SMARTS) is 1. The van der Waals surface area contributed by atoms with Crippen molar-refractivity contribution in [2.75, 3.05) is 6.61 Å². The minimum atomic E-state index is -0.923. The van der Waals surface area contributed by atoms with Gasteiger partial charge in [0.25, 0.3) is 0 Å². The predicted molar refractivity (Wildman–Crippen MR) is 114 cm³/mol. The van der Waals surface area contributed by atoms with Crippen LogP contribution in [0.25, 0.3) is 27.8 Å². The minimum absolute atomic E-state index is 0.0186. The highest BCUT2D eigenvalue weighted by molar-refractivity contribution is 5.93. The van der Waals surface area contributed by atoms with Gasteiger partial charge in [-0.15, -0.1) is 0 Å². The fourth-order valence-corrected chi connectivity index (χ4v) is 4.62. The van der Waals surface area contributed by atoms with E-state index in [-0.39, 0.29) is 17.7 Å². The van der Waals surface area contributed by atoms with Crippen LogP contribution < -0.4 is 0 Å². The van der Waals surface area contributed by atoms with E-state index in [4.69, 9.17) is 9.72 Å². The molecule has 8 heteroatoms. The SMILES string of the molecule is CC(C)c1c([C@@H]2CC[C@@H](C(=O)O)OC2)c2nc3[nH]ncc3cc2n1-c1ccc(F)cc1. The Hall–Kier alpha value is -3.26. The second-order valence-electron chi connectivity index (χ2n) is 8.36. The molecule has 0 unspecified atom stereocenters. The molecular weight excluding hydrogens is 399 g/mol. The second-order valence-corrected chi connectivity index (χ2v) is 8.36. The lowest BCUT2D eigenvalue weighted by atomic mass is 9.88. The van der Waals surface area contributed by atoms with Gasteiger partial charge < -0.3 is 14.4 Å². The third kappa shape index (κ3) is 3.27. The molecule has 31 heavy (non-hydrogen) atoms. The Morgan fingerprint density at radius 1 is 1.29 bits per heavy atom. The monoisotopic (exact) mass is 422 g/mol. The Morgan fingerprint density at radius 2 is 2.06 bits per heavy atom. The van der Waals surface area contributed by atoms with Crippen molar-refractivity contribution < 1.29 is 19.0 Å². The summed E-state index contributed by atoms with van der Waals surface area (Å²) in [7, 11) is 0. The van der Waals surface area contributed by atoms with Crippen LogP contribution in [0.1, 0.15) is 49.8 Å². The molecule has 0 aliphatic carbocycles. The van der Waals surface area contributed by atoms with Crippen LogP contribution in [0.3, 0.4) is 0 Å². The first-order valence-corrected chi connectivity index (χ1v) is 10.4. The van der Waals surface area contributed by atoms with Gasteiger partial charge in [-0.25, -0.2) is 14.2 Å². The highest BCUT2D eigenvalue weighted by atomic mass is 19.1. The number of aliphatic carboxylic acids is 1. The summed E-state index contributed by atoms with van der Waals surface area (Å²) < 4.78 is 21.5. The number of nitrogens with one attached hydrogen (secondary N) is 1. The van der Waals surface area contributed by atoms with E-state index in [9.17, 15) is 14.3 Å². The highest BCUT2D eigenvalue weighted by Gasteiger charge is 2.33. The molecule has 0 radical (unpaired) electrons. The van der Waals surface area contributed by atoms with Crippen molar-refractivity contribution in [3.63, 3.8) is 0 Å². The van der Waals surface area contributed by atoms with E-state index in [1.165, 1.54) is 12.1 Å². The molecule has 0 spiro atoms. The molecule has 3 aromatic heterocycles. The molecule has 4 aromatic rings. The maximum Gasteiger partial charge on any atom is 0.332 e. The van der Waals surface area contributed by atoms with Crippen molar-refractivity contribution in [3.8, 4) is 5.69 Å². The van der Waals surface area contributed by atoms with E-state index in [0.717, 1.165) is 33.4 Å². The van der Waals surface area contributed by atoms with E-state index in [1.807, 2.05) is 6.07 Å². The zero-order valence-electron chi connectivity index (χ0n) is 17.3. The van der Waals surface area contributed by atoms with E-state index < -0.39 is 12.1 Å². The topological polar surface area (TPSA) is 93.0 Å². The molecule has 160 valence electrons. The number of hydrogen-bond acceptors (Lipinski definition) is 4. The number of H-pyrrole nitrogens is 1. The smallest absolute Gasteiger partial charge is 0.332 e. The summed E-state index contributed by atoms with van der Waals surface area (Å²) in [5.74, 6) is -1.04. The molecule has 1 saturated heterocycles. The number of aromatic amines is 1. The Morgan fingerprint density at radius 3 is 2.71 bits per heavy atom. The molecule has 0 bridgehead atoms. The van der Waals surface area contributed by atoms with Crippen LogP contribution >= 0.6 is 0 Å². The predicted octanol–water partition coefficient (Wildman–Crippen LogP) is 4.51. The number of halogens is 1. The molecule has 1 aliphatic rings. The molecule has 2 N–H and O–H groups in total. The van der Waals surface area contributed by atoms with Crippen molar-refractivity contribution >= 4 is 28.0 Å². The Balaban J connectivity index is 1.76. The first-order valence-electron chi connectivity index (χ1n) is 10.4. The van der Waals surface area contributed by atoms with Crippen molar-refractivity contribution in [2.24, 2.45) is 0 Å². The molecular formula is C23H23FN4O3. The largest absolute Gasteiger partial charge is 0.479 e. The van der Waals surface area contributed by atoms with Crippen LogP contribution in [0.15, 0.2) is 36.5 Å². The number of aromatic nitrogens is 4. The summed E-state index contributed by atoms with van der Waals surface area (Å²) in [6, 6.07) is 8.49. The fraction of sp³-hybridized carbons (Fsp3) is 0.348. The fourth-order valence-electron chi connectivity index (χ4n) is 4.62. The maximum absolute atomic E-state index is 13.6. The van der Waals surface area contributed by atoms with E-state index in [1.54, 1.807) is 18.3 Å². The van der Waals surface area contributed by atoms with Crippen LogP contribution in [0.2, 0.25) is 0 Å². The summed E-state index contributed by atoms with van der Waals surface area (Å²) in [4.78, 5) is 16.2. The van der Waals surface area contributed by atoms with Crippen LogP contribution in [-0.2, 0) is 9.53 Å². The van der Waals surface area contributed by atoms with Gasteiger partial charge in [-0.1, -0.05) is 13.8 Å². The number of fused-ring (bicyclic) bond motifs is 2. The number of hydrogen-bond donors (Lipinski definition) is 2. The second kappa shape index (κ2) is 7.46. The average Bonchev–Trinajstić information content (AvgIpc) is 3.34. The third-order valence-corrected chi connectivity index (χ3v) is 6.01. The molecule has 1 aliphatic heterocycles. The number of carboxylic acids is 1. The third-order valence-electron chi connectivity index (χ3n) is 6.01. The van der Waals surface area contributed by atoms with Gasteiger partial charge >= 0.3 is 5.97 Å². The maximum atomic E-state index is 13.6. The molecule has 5 rings (SSSR count). The van der Waals surface area contributed by atoms with Crippen LogP contribution in [0, 0.1) is 5.82 Å². The number of nitrogens with zero attached hydrogens (tertiary/aromatic N) is 3. The normalized spacial score (nSPS) is 19.5. The van der Waals surface area contributed by atoms with E-state index in [0.29, 0.717) is 25.1 Å². The van der Waals surface area contributed by atoms with Gasteiger partial charge in [-0.2, -0.15) is 5.10 Å². The van der Waals surface area contributed by atoms with Gasteiger partial charge in [0.1, 0.15) is 5.82 Å². The van der Waals surface area contributed by atoms with Gasteiger partial charge in [0, 0.05) is 28.2 Å². The molecule has 7 nitrogen and oxygen atoms in total. The summed E-state index contributed by atoms with van der Waals surface area (Å²) in [6.07, 6.45) is 2.12. The summed E-state index contributed by atoms with van der Waals surface area (Å²) in [5.41, 5.74) is 5.45. The summed E-state index contributed by atoms with van der Waals surface area (Å²) in [6.45, 7) is 4.56. The Kier molecular flexibility index (Phi) is 4.74. The van der Waals surface area contributed by atoms with Gasteiger partial charge in [0.2, 0.25) is 0 Å². The lowest BCUT2D eigenvalue weighted by Gasteiger charge is -2.28. The highest BCUT2D eigenvalue weighted by Crippen LogP contribution is 2.41. The van der Waals surface area contributed by atoms with Crippen molar-refractivity contribution in [1.82, 2.24) is 19.7 Å². The van der Waals surface area contributed by atoms with Crippen LogP contribution in [-0.4, -0.2) is 43.5 Å². The zero-order chi connectivity index (χ0) is 21.7. The molecule has 1 aromatic carbocycles. The number of pyridine rings is 1. The molecule has 2 atom stereocenters. The number of ether oxygens (including phenoxy) is 1. The Labute approximate surface area is 177 Å². The average molecular weight is 422 g/mol. The number of rotatable bonds is 4. The van der Waals surface area contributed by atoms with Crippen molar-refractivity contribution in [3.05, 3.63) is 53.6 Å².